The number of hydrogen-bond acceptors (Lipinski definition) is 4. The molecule has 1 unspecified atom stereocenters. The van der Waals surface area contributed by atoms with Crippen LogP contribution in [0.3, 0.4) is 0 Å². The van der Waals surface area contributed by atoms with Crippen LogP contribution in [0, 0.1) is 0 Å². The van der Waals surface area contributed by atoms with Gasteiger partial charge in [-0.2, -0.15) is 0 Å². The van der Waals surface area contributed by atoms with Crippen LogP contribution in [-0.4, -0.2) is 39.9 Å². The summed E-state index contributed by atoms with van der Waals surface area (Å²) in [7, 11) is 0. The number of amides is 1. The van der Waals surface area contributed by atoms with Crippen molar-refractivity contribution in [1.29, 1.82) is 0 Å². The molecule has 1 rings (SSSR count). The van der Waals surface area contributed by atoms with Crippen molar-refractivity contribution in [3.8, 4) is 0 Å². The molecule has 0 bridgehead atoms. The van der Waals surface area contributed by atoms with Crippen molar-refractivity contribution in [2.45, 2.75) is 12.5 Å². The first-order valence-electron chi connectivity index (χ1n) is 4.68. The number of aliphatic hydroxyl groups excluding tert-OH is 1. The number of halogens is 1. The Bertz CT molecular complexity index is 382. The minimum Gasteiger partial charge on any atom is -0.393 e. The monoisotopic (exact) mass is 288 g/mol. The topological polar surface area (TPSA) is 82.5 Å². The van der Waals surface area contributed by atoms with Crippen LogP contribution in [0.5, 0.6) is 0 Å². The third-order valence-corrected chi connectivity index (χ3v) is 2.36. The Labute approximate surface area is 102 Å². The first-order valence-corrected chi connectivity index (χ1v) is 5.48. The number of carbonyl (C=O) groups is 1. The standard InChI is InChI=1S/C10H13BrN2O3/c1-10(16,6-14)5-12-9(15)7-3-2-4-8(11)13-7/h2-4,14,16H,5-6H2,1H3,(H,12,15). The SMILES string of the molecule is CC(O)(CO)CNC(=O)c1cccc(Br)n1. The van der Waals surface area contributed by atoms with Gasteiger partial charge in [-0.15, -0.1) is 0 Å². The molecule has 1 heterocycles. The molecule has 0 spiro atoms. The fourth-order valence-corrected chi connectivity index (χ4v) is 1.30. The molecule has 1 amide bonds. The van der Waals surface area contributed by atoms with Gasteiger partial charge in [-0.25, -0.2) is 4.98 Å². The van der Waals surface area contributed by atoms with Gasteiger partial charge in [0, 0.05) is 6.54 Å². The van der Waals surface area contributed by atoms with E-state index in [0.717, 1.165) is 0 Å². The van der Waals surface area contributed by atoms with Gasteiger partial charge in [-0.1, -0.05) is 6.07 Å². The average molecular weight is 289 g/mol. The lowest BCUT2D eigenvalue weighted by Crippen LogP contribution is -2.43. The van der Waals surface area contributed by atoms with Crippen molar-refractivity contribution in [3.63, 3.8) is 0 Å². The molecule has 0 aliphatic rings. The van der Waals surface area contributed by atoms with Gasteiger partial charge in [0.15, 0.2) is 0 Å². The lowest BCUT2D eigenvalue weighted by Gasteiger charge is -2.20. The molecule has 5 nitrogen and oxygen atoms in total. The predicted octanol–water partition coefficient (Wildman–Crippen LogP) is 0.317. The van der Waals surface area contributed by atoms with Gasteiger partial charge >= 0.3 is 0 Å². The smallest absolute Gasteiger partial charge is 0.270 e. The molecule has 1 atom stereocenters. The minimum absolute atomic E-state index is 0.0312. The van der Waals surface area contributed by atoms with Crippen molar-refractivity contribution < 1.29 is 15.0 Å². The third-order valence-electron chi connectivity index (χ3n) is 1.92. The van der Waals surface area contributed by atoms with Gasteiger partial charge in [0.1, 0.15) is 15.9 Å². The van der Waals surface area contributed by atoms with Crippen LogP contribution in [0.4, 0.5) is 0 Å². The van der Waals surface area contributed by atoms with E-state index in [4.69, 9.17) is 5.11 Å². The Morgan fingerprint density at radius 3 is 2.88 bits per heavy atom. The molecule has 0 aliphatic heterocycles. The summed E-state index contributed by atoms with van der Waals surface area (Å²) in [5, 5.41) is 20.8. The first-order chi connectivity index (χ1) is 7.44. The Kier molecular flexibility index (Phi) is 4.40. The van der Waals surface area contributed by atoms with Gasteiger partial charge in [-0.05, 0) is 35.0 Å². The lowest BCUT2D eigenvalue weighted by atomic mass is 10.1. The number of aromatic nitrogens is 1. The normalized spacial score (nSPS) is 14.2. The number of carbonyl (C=O) groups excluding carboxylic acids is 1. The summed E-state index contributed by atoms with van der Waals surface area (Å²) >= 11 is 3.15. The maximum absolute atomic E-state index is 11.6. The van der Waals surface area contributed by atoms with Crippen LogP contribution in [0.2, 0.25) is 0 Å². The Morgan fingerprint density at radius 2 is 2.31 bits per heavy atom. The van der Waals surface area contributed by atoms with E-state index < -0.39 is 18.1 Å². The fraction of sp³-hybridized carbons (Fsp3) is 0.400. The van der Waals surface area contributed by atoms with E-state index in [-0.39, 0.29) is 12.2 Å². The molecule has 0 aromatic carbocycles. The van der Waals surface area contributed by atoms with E-state index in [2.05, 4.69) is 26.2 Å². The highest BCUT2D eigenvalue weighted by Gasteiger charge is 2.20. The molecule has 1 aromatic rings. The third kappa shape index (κ3) is 3.88. The molecule has 0 aliphatic carbocycles. The van der Waals surface area contributed by atoms with Crippen LogP contribution >= 0.6 is 15.9 Å². The summed E-state index contributed by atoms with van der Waals surface area (Å²) in [6.07, 6.45) is 0. The first kappa shape index (κ1) is 13.1. The van der Waals surface area contributed by atoms with Crippen molar-refractivity contribution in [2.75, 3.05) is 13.2 Å². The second-order valence-electron chi connectivity index (χ2n) is 3.68. The number of nitrogens with zero attached hydrogens (tertiary/aromatic N) is 1. The highest BCUT2D eigenvalue weighted by Crippen LogP contribution is 2.06. The summed E-state index contributed by atoms with van der Waals surface area (Å²) < 4.78 is 0.564. The Hall–Kier alpha value is -0.980. The molecule has 16 heavy (non-hydrogen) atoms. The van der Waals surface area contributed by atoms with E-state index in [1.165, 1.54) is 6.92 Å². The maximum Gasteiger partial charge on any atom is 0.270 e. The summed E-state index contributed by atoms with van der Waals surface area (Å²) in [4.78, 5) is 15.5. The van der Waals surface area contributed by atoms with Crippen LogP contribution in [-0.2, 0) is 0 Å². The fourth-order valence-electron chi connectivity index (χ4n) is 0.952. The van der Waals surface area contributed by atoms with E-state index in [9.17, 15) is 9.90 Å². The molecular formula is C10H13BrN2O3. The maximum atomic E-state index is 11.6. The van der Waals surface area contributed by atoms with E-state index in [0.29, 0.717) is 4.60 Å². The van der Waals surface area contributed by atoms with E-state index in [1.807, 2.05) is 0 Å². The number of pyridine rings is 1. The lowest BCUT2D eigenvalue weighted by molar-refractivity contribution is 0.00316. The zero-order valence-electron chi connectivity index (χ0n) is 8.77. The highest BCUT2D eigenvalue weighted by atomic mass is 79.9. The summed E-state index contributed by atoms with van der Waals surface area (Å²) in [5.74, 6) is -0.393. The van der Waals surface area contributed by atoms with Gasteiger partial charge < -0.3 is 15.5 Å². The van der Waals surface area contributed by atoms with E-state index in [1.54, 1.807) is 18.2 Å². The van der Waals surface area contributed by atoms with Crippen molar-refractivity contribution in [3.05, 3.63) is 28.5 Å². The van der Waals surface area contributed by atoms with Crippen molar-refractivity contribution in [1.82, 2.24) is 10.3 Å². The predicted molar refractivity (Wildman–Crippen MR) is 62.0 cm³/mol. The molecule has 6 heteroatoms. The van der Waals surface area contributed by atoms with Gasteiger partial charge in [0.2, 0.25) is 0 Å². The summed E-state index contributed by atoms with van der Waals surface area (Å²) in [6.45, 7) is 0.983. The van der Waals surface area contributed by atoms with Gasteiger partial charge in [-0.3, -0.25) is 4.79 Å². The molecule has 88 valence electrons. The molecular weight excluding hydrogens is 276 g/mol. The number of aliphatic hydroxyl groups is 2. The minimum atomic E-state index is -1.32. The van der Waals surface area contributed by atoms with Crippen LogP contribution in [0.15, 0.2) is 22.8 Å². The van der Waals surface area contributed by atoms with Crippen molar-refractivity contribution in [2.24, 2.45) is 0 Å². The van der Waals surface area contributed by atoms with E-state index >= 15 is 0 Å². The summed E-state index contributed by atoms with van der Waals surface area (Å²) in [6, 6.07) is 4.96. The van der Waals surface area contributed by atoms with Crippen molar-refractivity contribution >= 4 is 21.8 Å². The Morgan fingerprint density at radius 1 is 1.62 bits per heavy atom. The van der Waals surface area contributed by atoms with Crippen LogP contribution in [0.25, 0.3) is 0 Å². The number of rotatable bonds is 4. The zero-order chi connectivity index (χ0) is 12.2. The van der Waals surface area contributed by atoms with Crippen LogP contribution in [0.1, 0.15) is 17.4 Å². The summed E-state index contributed by atoms with van der Waals surface area (Å²) in [5.41, 5.74) is -1.06. The quantitative estimate of drug-likeness (QED) is 0.697. The molecule has 0 saturated carbocycles. The van der Waals surface area contributed by atoms with Crippen LogP contribution < -0.4 is 5.32 Å². The highest BCUT2D eigenvalue weighted by molar-refractivity contribution is 9.10. The molecule has 0 saturated heterocycles. The Balaban J connectivity index is 2.60. The molecule has 0 radical (unpaired) electrons. The second kappa shape index (κ2) is 5.38. The molecule has 3 N–H and O–H groups in total. The largest absolute Gasteiger partial charge is 0.393 e. The second-order valence-corrected chi connectivity index (χ2v) is 4.50. The zero-order valence-corrected chi connectivity index (χ0v) is 10.4. The van der Waals surface area contributed by atoms with Gasteiger partial charge in [0.05, 0.1) is 6.61 Å². The molecule has 1 aromatic heterocycles. The number of nitrogens with one attached hydrogen (secondary N) is 1. The number of hydrogen-bond donors (Lipinski definition) is 3. The average Bonchev–Trinajstić information content (AvgIpc) is 2.26. The van der Waals surface area contributed by atoms with Gasteiger partial charge in [0.25, 0.3) is 5.91 Å². The molecule has 0 fully saturated rings.